The first kappa shape index (κ1) is 19.7. The van der Waals surface area contributed by atoms with Gasteiger partial charge in [-0.2, -0.15) is 0 Å². The van der Waals surface area contributed by atoms with Crippen LogP contribution in [0.25, 0.3) is 10.8 Å². The van der Waals surface area contributed by atoms with E-state index in [2.05, 4.69) is 31.7 Å². The minimum atomic E-state index is -0.0653. The van der Waals surface area contributed by atoms with Gasteiger partial charge in [-0.3, -0.25) is 0 Å². The van der Waals surface area contributed by atoms with E-state index in [1.807, 2.05) is 12.1 Å². The van der Waals surface area contributed by atoms with E-state index in [1.165, 1.54) is 56.9 Å². The minimum Gasteiger partial charge on any atom is -0.207 e. The maximum absolute atomic E-state index is 14.5. The molecule has 2 aliphatic carbocycles. The van der Waals surface area contributed by atoms with Gasteiger partial charge in [-0.25, -0.2) is 4.39 Å². The molecule has 2 saturated carbocycles. The Balaban J connectivity index is 1.48. The fourth-order valence-electron chi connectivity index (χ4n) is 6.00. The average molecular weight is 379 g/mol. The van der Waals surface area contributed by atoms with Gasteiger partial charge >= 0.3 is 0 Å². The fourth-order valence-corrected chi connectivity index (χ4v) is 6.00. The van der Waals surface area contributed by atoms with Crippen LogP contribution in [0.2, 0.25) is 0 Å². The zero-order chi connectivity index (χ0) is 19.5. The van der Waals surface area contributed by atoms with Crippen LogP contribution in [0.15, 0.2) is 43.0 Å². The maximum Gasteiger partial charge on any atom is 0.127 e. The lowest BCUT2D eigenvalue weighted by Gasteiger charge is -2.42. The van der Waals surface area contributed by atoms with Crippen LogP contribution < -0.4 is 0 Å². The first-order valence-electron chi connectivity index (χ1n) is 11.5. The van der Waals surface area contributed by atoms with E-state index < -0.39 is 0 Å². The van der Waals surface area contributed by atoms with Gasteiger partial charge < -0.3 is 0 Å². The van der Waals surface area contributed by atoms with Crippen LogP contribution in [0.1, 0.15) is 81.8 Å². The van der Waals surface area contributed by atoms with E-state index in [0.29, 0.717) is 5.92 Å². The summed E-state index contributed by atoms with van der Waals surface area (Å²) in [5.41, 5.74) is 2.24. The molecule has 0 saturated heterocycles. The standard InChI is InChI=1S/C27H35F/c1-3-5-7-25-16-24-13-12-23(17-26(24)18-27(25)28)22-11-10-20-14-19(6-4-2)8-9-21(20)15-22/h3,12-13,16-22H,1,4-11,14-15H2,2H3. The Labute approximate surface area is 170 Å². The topological polar surface area (TPSA) is 0 Å². The van der Waals surface area contributed by atoms with Crippen LogP contribution in [0.5, 0.6) is 0 Å². The third kappa shape index (κ3) is 4.19. The van der Waals surface area contributed by atoms with Gasteiger partial charge in [-0.15, -0.1) is 6.58 Å². The van der Waals surface area contributed by atoms with Gasteiger partial charge in [0, 0.05) is 0 Å². The molecule has 2 aromatic carbocycles. The number of aryl methyl sites for hydroxylation is 1. The Hall–Kier alpha value is -1.63. The lowest BCUT2D eigenvalue weighted by molar-refractivity contribution is 0.114. The molecule has 2 aromatic rings. The van der Waals surface area contributed by atoms with Gasteiger partial charge in [0.15, 0.2) is 0 Å². The molecule has 0 spiro atoms. The molecule has 0 N–H and O–H groups in total. The highest BCUT2D eigenvalue weighted by Gasteiger charge is 2.35. The summed E-state index contributed by atoms with van der Waals surface area (Å²) in [6.45, 7) is 6.08. The molecule has 4 atom stereocenters. The third-order valence-electron chi connectivity index (χ3n) is 7.54. The predicted molar refractivity (Wildman–Crippen MR) is 118 cm³/mol. The zero-order valence-electron chi connectivity index (χ0n) is 17.4. The van der Waals surface area contributed by atoms with Crippen LogP contribution in [-0.4, -0.2) is 0 Å². The van der Waals surface area contributed by atoms with Gasteiger partial charge in [-0.05, 0) is 103 Å². The molecule has 0 amide bonds. The number of fused-ring (bicyclic) bond motifs is 2. The molecular weight excluding hydrogens is 343 g/mol. The van der Waals surface area contributed by atoms with E-state index in [1.54, 1.807) is 6.07 Å². The molecular formula is C27H35F. The van der Waals surface area contributed by atoms with Gasteiger partial charge in [0.2, 0.25) is 0 Å². The van der Waals surface area contributed by atoms with E-state index in [4.69, 9.17) is 0 Å². The number of allylic oxidation sites excluding steroid dienone is 1. The van der Waals surface area contributed by atoms with Crippen molar-refractivity contribution in [3.63, 3.8) is 0 Å². The minimum absolute atomic E-state index is 0.0653. The van der Waals surface area contributed by atoms with Crippen molar-refractivity contribution in [2.24, 2.45) is 17.8 Å². The highest BCUT2D eigenvalue weighted by molar-refractivity contribution is 5.84. The van der Waals surface area contributed by atoms with Crippen LogP contribution in [0, 0.1) is 23.6 Å². The number of hydrogen-bond donors (Lipinski definition) is 0. The lowest BCUT2D eigenvalue weighted by atomic mass is 9.63. The van der Waals surface area contributed by atoms with Crippen LogP contribution >= 0.6 is 0 Å². The highest BCUT2D eigenvalue weighted by atomic mass is 19.1. The second-order valence-corrected chi connectivity index (χ2v) is 9.38. The number of benzene rings is 2. The number of halogens is 1. The summed E-state index contributed by atoms with van der Waals surface area (Å²) in [4.78, 5) is 0. The maximum atomic E-state index is 14.5. The molecule has 2 aliphatic rings. The zero-order valence-corrected chi connectivity index (χ0v) is 17.4. The fraction of sp³-hybridized carbons (Fsp3) is 0.556. The predicted octanol–water partition coefficient (Wildman–Crippen LogP) is 8.20. The molecule has 2 fully saturated rings. The normalized spacial score (nSPS) is 27.5. The van der Waals surface area contributed by atoms with Crippen molar-refractivity contribution in [2.45, 2.75) is 77.0 Å². The summed E-state index contributed by atoms with van der Waals surface area (Å²) in [7, 11) is 0. The Morgan fingerprint density at radius 3 is 2.64 bits per heavy atom. The Kier molecular flexibility index (Phi) is 6.19. The summed E-state index contributed by atoms with van der Waals surface area (Å²) >= 11 is 0. The number of hydrogen-bond acceptors (Lipinski definition) is 0. The van der Waals surface area contributed by atoms with Gasteiger partial charge in [0.1, 0.15) is 5.82 Å². The quantitative estimate of drug-likeness (QED) is 0.444. The van der Waals surface area contributed by atoms with Crippen LogP contribution in [0.3, 0.4) is 0 Å². The van der Waals surface area contributed by atoms with Crippen LogP contribution in [-0.2, 0) is 6.42 Å². The molecule has 0 heterocycles. The Morgan fingerprint density at radius 2 is 1.82 bits per heavy atom. The van der Waals surface area contributed by atoms with Crippen molar-refractivity contribution >= 4 is 10.8 Å². The first-order chi connectivity index (χ1) is 13.7. The largest absolute Gasteiger partial charge is 0.207 e. The summed E-state index contributed by atoms with van der Waals surface area (Å²) in [5.74, 6) is 3.47. The van der Waals surface area contributed by atoms with Gasteiger partial charge in [0.05, 0.1) is 0 Å². The molecule has 1 heteroatoms. The molecule has 0 aliphatic heterocycles. The van der Waals surface area contributed by atoms with Crippen molar-refractivity contribution in [3.05, 3.63) is 59.9 Å². The van der Waals surface area contributed by atoms with E-state index in [-0.39, 0.29) is 5.82 Å². The highest BCUT2D eigenvalue weighted by Crippen LogP contribution is 2.48. The molecule has 28 heavy (non-hydrogen) atoms. The molecule has 150 valence electrons. The van der Waals surface area contributed by atoms with Crippen molar-refractivity contribution in [1.29, 1.82) is 0 Å². The smallest absolute Gasteiger partial charge is 0.127 e. The summed E-state index contributed by atoms with van der Waals surface area (Å²) in [6.07, 6.45) is 14.6. The average Bonchev–Trinajstić information content (AvgIpc) is 2.71. The molecule has 0 radical (unpaired) electrons. The van der Waals surface area contributed by atoms with Crippen molar-refractivity contribution in [2.75, 3.05) is 0 Å². The number of rotatable bonds is 6. The molecule has 4 rings (SSSR count). The van der Waals surface area contributed by atoms with Crippen molar-refractivity contribution in [3.8, 4) is 0 Å². The Bertz CT molecular complexity index is 820. The van der Waals surface area contributed by atoms with Gasteiger partial charge in [0.25, 0.3) is 0 Å². The lowest BCUT2D eigenvalue weighted by Crippen LogP contribution is -2.30. The van der Waals surface area contributed by atoms with Crippen molar-refractivity contribution in [1.82, 2.24) is 0 Å². The van der Waals surface area contributed by atoms with Crippen LogP contribution in [0.4, 0.5) is 4.39 Å². The summed E-state index contributed by atoms with van der Waals surface area (Å²) in [6, 6.07) is 10.6. The molecule has 0 bridgehead atoms. The molecule has 4 unspecified atom stereocenters. The molecule has 0 aromatic heterocycles. The second kappa shape index (κ2) is 8.80. The SMILES string of the molecule is C=CCCc1cc2ccc(C3CCC4CC(CCC)CCC4C3)cc2cc1F. The van der Waals surface area contributed by atoms with Crippen molar-refractivity contribution < 1.29 is 4.39 Å². The summed E-state index contributed by atoms with van der Waals surface area (Å²) in [5, 5.41) is 2.23. The van der Waals surface area contributed by atoms with Gasteiger partial charge in [-0.1, -0.05) is 50.5 Å². The Morgan fingerprint density at radius 1 is 1.00 bits per heavy atom. The van der Waals surface area contributed by atoms with E-state index in [9.17, 15) is 4.39 Å². The second-order valence-electron chi connectivity index (χ2n) is 9.38. The molecule has 0 nitrogen and oxygen atoms in total. The summed E-state index contributed by atoms with van der Waals surface area (Å²) < 4.78 is 14.5. The van der Waals surface area contributed by atoms with E-state index >= 15 is 0 Å². The monoisotopic (exact) mass is 378 g/mol. The van der Waals surface area contributed by atoms with E-state index in [0.717, 1.165) is 46.9 Å². The first-order valence-corrected chi connectivity index (χ1v) is 11.5. The third-order valence-corrected chi connectivity index (χ3v) is 7.54.